The Morgan fingerprint density at radius 3 is 2.78 bits per heavy atom. The highest BCUT2D eigenvalue weighted by atomic mass is 35.5. The van der Waals surface area contributed by atoms with E-state index in [1.165, 1.54) is 18.7 Å². The second-order valence-corrected chi connectivity index (χ2v) is 12.8. The topological polar surface area (TPSA) is 106 Å². The number of nitrogens with zero attached hydrogens (tertiary/aromatic N) is 2. The SMILES string of the molecule is CC1C=C(F)C=C(COc2ccc(Nc3ncnc4ccc(-c5ccc(CNCCS(C)(=O)=O)o5)cc34)cc2Cl)C1. The molecule has 0 bridgehead atoms. The quantitative estimate of drug-likeness (QED) is 0.186. The molecule has 11 heteroatoms. The van der Waals surface area contributed by atoms with Crippen molar-refractivity contribution in [2.45, 2.75) is 19.9 Å². The maximum absolute atomic E-state index is 13.7. The number of halogens is 2. The number of ether oxygens (including phenoxy) is 1. The number of anilines is 2. The molecular weight excluding hydrogens is 567 g/mol. The van der Waals surface area contributed by atoms with E-state index in [4.69, 9.17) is 20.8 Å². The maximum atomic E-state index is 13.7. The molecule has 2 aromatic heterocycles. The Balaban J connectivity index is 1.28. The second-order valence-electron chi connectivity index (χ2n) is 10.1. The van der Waals surface area contributed by atoms with Gasteiger partial charge in [0.2, 0.25) is 0 Å². The lowest BCUT2D eigenvalue weighted by Gasteiger charge is -2.17. The Morgan fingerprint density at radius 1 is 1.15 bits per heavy atom. The van der Waals surface area contributed by atoms with E-state index in [9.17, 15) is 12.8 Å². The van der Waals surface area contributed by atoms with Crippen LogP contribution in [0.3, 0.4) is 0 Å². The molecule has 2 aromatic carbocycles. The van der Waals surface area contributed by atoms with Gasteiger partial charge in [0.05, 0.1) is 22.8 Å². The summed E-state index contributed by atoms with van der Waals surface area (Å²) in [5, 5.41) is 7.61. The Labute approximate surface area is 243 Å². The van der Waals surface area contributed by atoms with Crippen LogP contribution in [0.25, 0.3) is 22.2 Å². The fourth-order valence-corrected chi connectivity index (χ4v) is 5.31. The number of fused-ring (bicyclic) bond motifs is 1. The van der Waals surface area contributed by atoms with Gasteiger partial charge in [-0.25, -0.2) is 22.8 Å². The van der Waals surface area contributed by atoms with Crippen molar-refractivity contribution in [2.24, 2.45) is 5.92 Å². The summed E-state index contributed by atoms with van der Waals surface area (Å²) in [5.41, 5.74) is 3.19. The highest BCUT2D eigenvalue weighted by Gasteiger charge is 2.14. The number of sulfone groups is 1. The Bertz CT molecular complexity index is 1740. The number of furan rings is 1. The predicted molar refractivity (Wildman–Crippen MR) is 160 cm³/mol. The molecule has 1 atom stereocenters. The minimum atomic E-state index is -3.02. The lowest BCUT2D eigenvalue weighted by molar-refractivity contribution is 0.342. The molecule has 5 rings (SSSR count). The first kappa shape index (κ1) is 28.8. The van der Waals surface area contributed by atoms with Crippen molar-refractivity contribution in [3.8, 4) is 17.1 Å². The summed E-state index contributed by atoms with van der Waals surface area (Å²) in [6.45, 7) is 3.01. The monoisotopic (exact) mass is 596 g/mol. The molecule has 0 aliphatic heterocycles. The molecule has 0 fully saturated rings. The predicted octanol–water partition coefficient (Wildman–Crippen LogP) is 6.62. The number of aromatic nitrogens is 2. The molecule has 2 N–H and O–H groups in total. The summed E-state index contributed by atoms with van der Waals surface area (Å²) in [6.07, 6.45) is 6.57. The van der Waals surface area contributed by atoms with E-state index >= 15 is 0 Å². The van der Waals surface area contributed by atoms with E-state index in [-0.39, 0.29) is 24.1 Å². The molecule has 214 valence electrons. The highest BCUT2D eigenvalue weighted by molar-refractivity contribution is 7.90. The van der Waals surface area contributed by atoms with E-state index in [1.54, 1.807) is 18.2 Å². The van der Waals surface area contributed by atoms with Gasteiger partial charge in [-0.3, -0.25) is 0 Å². The average molecular weight is 597 g/mol. The highest BCUT2D eigenvalue weighted by Crippen LogP contribution is 2.33. The number of nitrogens with one attached hydrogen (secondary N) is 2. The number of benzene rings is 2. The molecule has 1 aliphatic rings. The molecule has 0 amide bonds. The van der Waals surface area contributed by atoms with Gasteiger partial charge in [0, 0.05) is 29.4 Å². The van der Waals surface area contributed by atoms with Crippen molar-refractivity contribution in [3.63, 3.8) is 0 Å². The Morgan fingerprint density at radius 2 is 2.00 bits per heavy atom. The fourth-order valence-electron chi connectivity index (χ4n) is 4.56. The maximum Gasteiger partial charge on any atom is 0.148 e. The van der Waals surface area contributed by atoms with E-state index in [0.717, 1.165) is 28.5 Å². The van der Waals surface area contributed by atoms with Crippen molar-refractivity contribution < 1.29 is 22.0 Å². The zero-order valence-corrected chi connectivity index (χ0v) is 24.2. The molecule has 1 aliphatic carbocycles. The molecule has 41 heavy (non-hydrogen) atoms. The van der Waals surface area contributed by atoms with Gasteiger partial charge in [-0.2, -0.15) is 0 Å². The number of hydrogen-bond acceptors (Lipinski definition) is 8. The fraction of sp³-hybridized carbons (Fsp3) is 0.267. The van der Waals surface area contributed by atoms with Gasteiger partial charge in [0.15, 0.2) is 0 Å². The van der Waals surface area contributed by atoms with Crippen LogP contribution >= 0.6 is 11.6 Å². The van der Waals surface area contributed by atoms with Crippen molar-refractivity contribution >= 4 is 43.8 Å². The molecular formula is C30H30ClFN4O4S. The Hall–Kier alpha value is -3.73. The summed E-state index contributed by atoms with van der Waals surface area (Å²) < 4.78 is 48.2. The third-order valence-electron chi connectivity index (χ3n) is 6.51. The van der Waals surface area contributed by atoms with Gasteiger partial charge in [-0.15, -0.1) is 0 Å². The number of allylic oxidation sites excluding steroid dienone is 3. The van der Waals surface area contributed by atoms with Gasteiger partial charge in [0.1, 0.15) is 51.7 Å². The lowest BCUT2D eigenvalue weighted by atomic mass is 9.96. The number of rotatable bonds is 11. The van der Waals surface area contributed by atoms with Gasteiger partial charge in [0.25, 0.3) is 0 Å². The Kier molecular flexibility index (Phi) is 8.72. The van der Waals surface area contributed by atoms with E-state index in [0.29, 0.717) is 46.9 Å². The first-order valence-corrected chi connectivity index (χ1v) is 15.6. The zero-order chi connectivity index (χ0) is 29.0. The summed E-state index contributed by atoms with van der Waals surface area (Å²) in [4.78, 5) is 8.82. The van der Waals surface area contributed by atoms with Crippen LogP contribution in [-0.2, 0) is 16.4 Å². The van der Waals surface area contributed by atoms with E-state index in [2.05, 4.69) is 20.6 Å². The van der Waals surface area contributed by atoms with Crippen LogP contribution in [-0.4, -0.2) is 43.5 Å². The van der Waals surface area contributed by atoms with Crippen LogP contribution in [0.4, 0.5) is 15.9 Å². The van der Waals surface area contributed by atoms with Crippen LogP contribution in [0.5, 0.6) is 5.75 Å². The molecule has 0 saturated heterocycles. The molecule has 8 nitrogen and oxygen atoms in total. The van der Waals surface area contributed by atoms with Gasteiger partial charge < -0.3 is 19.8 Å². The van der Waals surface area contributed by atoms with Gasteiger partial charge in [-0.1, -0.05) is 18.5 Å². The summed E-state index contributed by atoms with van der Waals surface area (Å²) in [6, 6.07) is 14.9. The lowest BCUT2D eigenvalue weighted by Crippen LogP contribution is -2.21. The van der Waals surface area contributed by atoms with Gasteiger partial charge in [-0.05, 0) is 78.6 Å². The van der Waals surface area contributed by atoms with Gasteiger partial charge >= 0.3 is 0 Å². The normalized spacial score (nSPS) is 15.5. The third-order valence-corrected chi connectivity index (χ3v) is 7.75. The van der Waals surface area contributed by atoms with Crippen LogP contribution < -0.4 is 15.4 Å². The molecule has 0 saturated carbocycles. The van der Waals surface area contributed by atoms with Crippen LogP contribution in [0, 0.1) is 5.92 Å². The molecule has 2 heterocycles. The van der Waals surface area contributed by atoms with Crippen LogP contribution in [0.2, 0.25) is 5.02 Å². The largest absolute Gasteiger partial charge is 0.488 e. The van der Waals surface area contributed by atoms with Crippen molar-refractivity contribution in [3.05, 3.63) is 89.2 Å². The number of hydrogen-bond donors (Lipinski definition) is 2. The first-order valence-electron chi connectivity index (χ1n) is 13.1. The zero-order valence-electron chi connectivity index (χ0n) is 22.7. The molecule has 4 aromatic rings. The smallest absolute Gasteiger partial charge is 0.148 e. The van der Waals surface area contributed by atoms with Crippen molar-refractivity contribution in [2.75, 3.05) is 30.5 Å². The molecule has 1 unspecified atom stereocenters. The summed E-state index contributed by atoms with van der Waals surface area (Å²) in [5.74, 6) is 2.44. The van der Waals surface area contributed by atoms with Crippen molar-refractivity contribution in [1.82, 2.24) is 15.3 Å². The molecule has 0 spiro atoms. The summed E-state index contributed by atoms with van der Waals surface area (Å²) >= 11 is 6.51. The minimum absolute atomic E-state index is 0.0681. The van der Waals surface area contributed by atoms with Crippen molar-refractivity contribution in [1.29, 1.82) is 0 Å². The minimum Gasteiger partial charge on any atom is -0.488 e. The third kappa shape index (κ3) is 7.72. The first-order chi connectivity index (χ1) is 19.6. The summed E-state index contributed by atoms with van der Waals surface area (Å²) in [7, 11) is -3.02. The van der Waals surface area contributed by atoms with Crippen LogP contribution in [0.1, 0.15) is 19.1 Å². The standard InChI is InChI=1S/C30H30ClFN4O4S/c1-19-11-20(13-22(32)12-19)17-39-29-7-4-23(15-26(29)31)36-30-25-14-21(3-6-27(25)34-18-35-30)28-8-5-24(40-28)16-33-9-10-41(2,37)38/h3-8,12-15,18-19,33H,9-11,16-17H2,1-2H3,(H,34,35,36). The van der Waals surface area contributed by atoms with E-state index < -0.39 is 9.84 Å². The average Bonchev–Trinajstić information content (AvgIpc) is 3.39. The van der Waals surface area contributed by atoms with E-state index in [1.807, 2.05) is 43.3 Å². The molecule has 0 radical (unpaired) electrons. The second kappa shape index (κ2) is 12.4. The van der Waals surface area contributed by atoms with Crippen LogP contribution in [0.15, 0.2) is 82.8 Å².